The van der Waals surface area contributed by atoms with Crippen molar-refractivity contribution in [1.29, 1.82) is 0 Å². The molecule has 10 nitrogen and oxygen atoms in total. The number of nitrogens with one attached hydrogen (secondary N) is 1. The van der Waals surface area contributed by atoms with Gasteiger partial charge in [-0.3, -0.25) is 9.38 Å². The molecule has 0 spiro atoms. The van der Waals surface area contributed by atoms with Crippen LogP contribution in [-0.4, -0.2) is 57.2 Å². The number of nitrogens with two attached hydrogens (primary N) is 1. The molecule has 212 valence electrons. The number of carbonyl (C=O) groups is 1. The van der Waals surface area contributed by atoms with Crippen molar-refractivity contribution in [3.05, 3.63) is 72.1 Å². The molecule has 5 aromatic rings. The maximum absolute atomic E-state index is 11.6. The summed E-state index contributed by atoms with van der Waals surface area (Å²) in [6.45, 7) is 3.89. The average Bonchev–Trinajstić information content (AvgIpc) is 3.55. The number of benzene rings is 2. The summed E-state index contributed by atoms with van der Waals surface area (Å²) in [5.74, 6) is 2.80. The number of primary amides is 1. The lowest BCUT2D eigenvalue weighted by atomic mass is 9.96. The Morgan fingerprint density at radius 3 is 2.61 bits per heavy atom. The third kappa shape index (κ3) is 4.69. The Bertz CT molecular complexity index is 1750. The van der Waals surface area contributed by atoms with Crippen molar-refractivity contribution >= 4 is 28.1 Å². The molecule has 2 amide bonds. The van der Waals surface area contributed by atoms with Crippen LogP contribution in [0.1, 0.15) is 36.0 Å². The summed E-state index contributed by atoms with van der Waals surface area (Å²) in [4.78, 5) is 23.1. The van der Waals surface area contributed by atoms with Gasteiger partial charge >= 0.3 is 6.03 Å². The Kier molecular flexibility index (Phi) is 6.90. The van der Waals surface area contributed by atoms with Crippen LogP contribution in [-0.2, 0) is 13.6 Å². The van der Waals surface area contributed by atoms with E-state index in [2.05, 4.69) is 44.5 Å². The number of urea groups is 1. The number of nitrogens with zero attached hydrogens (tertiary/aromatic N) is 5. The number of hydrogen-bond donors (Lipinski definition) is 2. The second kappa shape index (κ2) is 10.7. The summed E-state index contributed by atoms with van der Waals surface area (Å²) in [6.07, 6.45) is 5.41. The molecule has 1 fully saturated rings. The third-order valence-electron chi connectivity index (χ3n) is 8.24. The number of ether oxygens (including phenoxy) is 2. The van der Waals surface area contributed by atoms with E-state index in [4.69, 9.17) is 20.2 Å². The Hall–Kier alpha value is -4.73. The molecule has 0 radical (unpaired) electrons. The van der Waals surface area contributed by atoms with E-state index in [1.165, 1.54) is 0 Å². The molecule has 2 aromatic carbocycles. The Morgan fingerprint density at radius 1 is 1.10 bits per heavy atom. The fourth-order valence-electron chi connectivity index (χ4n) is 5.97. The third-order valence-corrected chi connectivity index (χ3v) is 8.24. The normalized spacial score (nSPS) is 14.1. The van der Waals surface area contributed by atoms with Crippen LogP contribution in [0.25, 0.3) is 27.7 Å². The molecule has 10 heteroatoms. The molecule has 3 aromatic heterocycles. The van der Waals surface area contributed by atoms with Gasteiger partial charge in [-0.15, -0.1) is 0 Å². The first-order valence-corrected chi connectivity index (χ1v) is 13.8. The van der Waals surface area contributed by atoms with E-state index >= 15 is 0 Å². The van der Waals surface area contributed by atoms with Crippen LogP contribution >= 0.6 is 0 Å². The van der Waals surface area contributed by atoms with Crippen molar-refractivity contribution < 1.29 is 14.3 Å². The van der Waals surface area contributed by atoms with E-state index < -0.39 is 0 Å². The molecule has 6 rings (SSSR count). The molecule has 3 N–H and O–H groups in total. The Balaban J connectivity index is 1.30. The topological polar surface area (TPSA) is 112 Å². The van der Waals surface area contributed by atoms with Crippen molar-refractivity contribution in [2.24, 2.45) is 12.8 Å². The molecule has 0 unspecified atom stereocenters. The number of aromatic nitrogens is 4. The molecule has 0 aliphatic carbocycles. The van der Waals surface area contributed by atoms with Crippen LogP contribution in [0.3, 0.4) is 0 Å². The van der Waals surface area contributed by atoms with Gasteiger partial charge in [0.05, 0.1) is 48.9 Å². The van der Waals surface area contributed by atoms with Crippen molar-refractivity contribution in [3.8, 4) is 22.8 Å². The first-order chi connectivity index (χ1) is 19.9. The first kappa shape index (κ1) is 26.5. The number of rotatable bonds is 7. The first-order valence-electron chi connectivity index (χ1n) is 13.8. The van der Waals surface area contributed by atoms with Crippen LogP contribution < -0.4 is 20.5 Å². The van der Waals surface area contributed by atoms with Crippen molar-refractivity contribution in [2.75, 3.05) is 32.6 Å². The zero-order chi connectivity index (χ0) is 28.7. The molecular formula is C31H35N7O3. The summed E-state index contributed by atoms with van der Waals surface area (Å²) in [7, 11) is 5.44. The minimum absolute atomic E-state index is 0.218. The van der Waals surface area contributed by atoms with Crippen LogP contribution in [0, 0.1) is 6.92 Å². The zero-order valence-electron chi connectivity index (χ0n) is 23.8. The van der Waals surface area contributed by atoms with E-state index in [1.807, 2.05) is 43.6 Å². The van der Waals surface area contributed by atoms with Gasteiger partial charge in [0, 0.05) is 55.1 Å². The minimum atomic E-state index is -0.363. The summed E-state index contributed by atoms with van der Waals surface area (Å²) >= 11 is 0. The molecule has 41 heavy (non-hydrogen) atoms. The standard InChI is InChI=1S/C31H35N7O3/c1-19-29-28(35-30(38(29)15-12-33-19)20-10-13-37(14-11-20)31(32)39)21-8-9-24(27(16-21)41-4)34-18-22-17-23-25(36(22)2)6-5-7-26(23)40-3/h5-9,12,15-17,20,34H,10-11,13-14,18H2,1-4H3,(H2,32,39). The largest absolute Gasteiger partial charge is 0.496 e. The van der Waals surface area contributed by atoms with Gasteiger partial charge in [-0.05, 0) is 50.1 Å². The number of amides is 2. The van der Waals surface area contributed by atoms with Crippen molar-refractivity contribution in [2.45, 2.75) is 32.2 Å². The van der Waals surface area contributed by atoms with Gasteiger partial charge in [-0.25, -0.2) is 9.78 Å². The SMILES string of the molecule is COc1cc(-c2nc(C3CCN(C(N)=O)CC3)n3ccnc(C)c23)ccc1NCc1cc2c(OC)cccc2n1C. The van der Waals surface area contributed by atoms with Crippen LogP contribution in [0.4, 0.5) is 10.5 Å². The quantitative estimate of drug-likeness (QED) is 0.291. The van der Waals surface area contributed by atoms with Gasteiger partial charge in [0.15, 0.2) is 0 Å². The molecule has 1 saturated heterocycles. The highest BCUT2D eigenvalue weighted by Crippen LogP contribution is 2.37. The highest BCUT2D eigenvalue weighted by Gasteiger charge is 2.27. The molecule has 0 atom stereocenters. The van der Waals surface area contributed by atoms with Gasteiger partial charge in [-0.1, -0.05) is 12.1 Å². The van der Waals surface area contributed by atoms with E-state index in [9.17, 15) is 4.79 Å². The number of anilines is 1. The van der Waals surface area contributed by atoms with Gasteiger partial charge in [0.2, 0.25) is 0 Å². The maximum Gasteiger partial charge on any atom is 0.314 e. The summed E-state index contributed by atoms with van der Waals surface area (Å²) in [5.41, 5.74) is 12.4. The molecule has 0 saturated carbocycles. The fraction of sp³-hybridized carbons (Fsp3) is 0.323. The van der Waals surface area contributed by atoms with Crippen molar-refractivity contribution in [3.63, 3.8) is 0 Å². The number of aryl methyl sites for hydroxylation is 2. The monoisotopic (exact) mass is 553 g/mol. The highest BCUT2D eigenvalue weighted by molar-refractivity contribution is 5.87. The van der Waals surface area contributed by atoms with Crippen LogP contribution in [0.15, 0.2) is 54.9 Å². The van der Waals surface area contributed by atoms with E-state index in [0.29, 0.717) is 19.6 Å². The summed E-state index contributed by atoms with van der Waals surface area (Å²) in [6, 6.07) is 14.0. The maximum atomic E-state index is 11.6. The van der Waals surface area contributed by atoms with E-state index in [0.717, 1.165) is 74.9 Å². The van der Waals surface area contributed by atoms with E-state index in [1.54, 1.807) is 19.1 Å². The van der Waals surface area contributed by atoms with Gasteiger partial charge in [0.1, 0.15) is 17.3 Å². The lowest BCUT2D eigenvalue weighted by Crippen LogP contribution is -2.41. The smallest absolute Gasteiger partial charge is 0.314 e. The second-order valence-electron chi connectivity index (χ2n) is 10.5. The number of imidazole rings is 1. The summed E-state index contributed by atoms with van der Waals surface area (Å²) < 4.78 is 15.7. The molecule has 4 heterocycles. The highest BCUT2D eigenvalue weighted by atomic mass is 16.5. The number of fused-ring (bicyclic) bond motifs is 2. The summed E-state index contributed by atoms with van der Waals surface area (Å²) in [5, 5.41) is 4.64. The number of piperidine rings is 1. The Morgan fingerprint density at radius 2 is 1.88 bits per heavy atom. The zero-order valence-corrected chi connectivity index (χ0v) is 23.8. The van der Waals surface area contributed by atoms with Crippen molar-refractivity contribution in [1.82, 2.24) is 23.8 Å². The molecular weight excluding hydrogens is 518 g/mol. The van der Waals surface area contributed by atoms with E-state index in [-0.39, 0.29) is 11.9 Å². The fourth-order valence-corrected chi connectivity index (χ4v) is 5.97. The van der Waals surface area contributed by atoms with Gasteiger partial charge in [0.25, 0.3) is 0 Å². The van der Waals surface area contributed by atoms with Gasteiger partial charge < -0.3 is 30.0 Å². The predicted molar refractivity (Wildman–Crippen MR) is 160 cm³/mol. The number of methoxy groups -OCH3 is 2. The van der Waals surface area contributed by atoms with Crippen LogP contribution in [0.2, 0.25) is 0 Å². The lowest BCUT2D eigenvalue weighted by molar-refractivity contribution is 0.189. The van der Waals surface area contributed by atoms with Crippen LogP contribution in [0.5, 0.6) is 11.5 Å². The number of likely N-dealkylation sites (tertiary alicyclic amines) is 1. The minimum Gasteiger partial charge on any atom is -0.496 e. The molecule has 1 aliphatic rings. The average molecular weight is 554 g/mol. The number of carbonyl (C=O) groups excluding carboxylic acids is 1. The lowest BCUT2D eigenvalue weighted by Gasteiger charge is -2.30. The second-order valence-corrected chi connectivity index (χ2v) is 10.5. The number of hydrogen-bond acceptors (Lipinski definition) is 6. The Labute approximate surface area is 238 Å². The molecule has 0 bridgehead atoms. The van der Waals surface area contributed by atoms with Gasteiger partial charge in [-0.2, -0.15) is 0 Å². The molecule has 1 aliphatic heterocycles. The predicted octanol–water partition coefficient (Wildman–Crippen LogP) is 5.08.